The van der Waals surface area contributed by atoms with Gasteiger partial charge in [0, 0.05) is 0 Å². The highest BCUT2D eigenvalue weighted by molar-refractivity contribution is 5.89. The summed E-state index contributed by atoms with van der Waals surface area (Å²) >= 11 is 0. The van der Waals surface area contributed by atoms with Gasteiger partial charge in [0.15, 0.2) is 0 Å². The molecule has 0 saturated carbocycles. The molecule has 0 bridgehead atoms. The molecule has 1 aromatic rings. The number of carbonyl (C=O) groups is 2. The molecular formula is C17H24FN3O2. The maximum Gasteiger partial charge on any atom is 0.244 e. The number of nitrogens with one attached hydrogen (secondary N) is 1. The molecule has 0 aliphatic carbocycles. The van der Waals surface area contributed by atoms with E-state index in [4.69, 9.17) is 5.73 Å². The van der Waals surface area contributed by atoms with Crippen molar-refractivity contribution >= 4 is 11.8 Å². The topological polar surface area (TPSA) is 75.4 Å². The average Bonchev–Trinajstić information content (AvgIpc) is 2.81. The molecule has 2 atom stereocenters. The second kappa shape index (κ2) is 8.06. The number of nitrogens with zero attached hydrogens (tertiary/aromatic N) is 1. The summed E-state index contributed by atoms with van der Waals surface area (Å²) in [4.78, 5) is 26.3. The molecule has 5 nitrogen and oxygen atoms in total. The zero-order chi connectivity index (χ0) is 16.8. The first-order valence-corrected chi connectivity index (χ1v) is 8.08. The SMILES string of the molecule is CC(C(=O)NC(C(N)=O)c1ccc(F)cc1)N1CCCCCC1. The fraction of sp³-hybridized carbons (Fsp3) is 0.529. The molecule has 126 valence electrons. The standard InChI is InChI=1S/C17H24FN3O2/c1-12(21-10-4-2-3-5-11-21)17(23)20-15(16(19)22)13-6-8-14(18)9-7-13/h6-9,12,15H,2-5,10-11H2,1H3,(H2,19,22)(H,20,23). The molecule has 1 saturated heterocycles. The van der Waals surface area contributed by atoms with Crippen LogP contribution in [-0.2, 0) is 9.59 Å². The first kappa shape index (κ1) is 17.4. The quantitative estimate of drug-likeness (QED) is 0.867. The molecule has 23 heavy (non-hydrogen) atoms. The third-order valence-corrected chi connectivity index (χ3v) is 4.34. The van der Waals surface area contributed by atoms with Crippen LogP contribution < -0.4 is 11.1 Å². The minimum Gasteiger partial charge on any atom is -0.368 e. The third kappa shape index (κ3) is 4.76. The molecule has 6 heteroatoms. The maximum absolute atomic E-state index is 13.0. The summed E-state index contributed by atoms with van der Waals surface area (Å²) < 4.78 is 13.0. The summed E-state index contributed by atoms with van der Waals surface area (Å²) in [5.41, 5.74) is 5.88. The zero-order valence-corrected chi connectivity index (χ0v) is 13.4. The Morgan fingerprint density at radius 3 is 2.22 bits per heavy atom. The lowest BCUT2D eigenvalue weighted by molar-refractivity contribution is -0.130. The van der Waals surface area contributed by atoms with Gasteiger partial charge in [-0.05, 0) is 50.6 Å². The Bertz CT molecular complexity index is 539. The minimum atomic E-state index is -0.947. The number of nitrogens with two attached hydrogens (primary N) is 1. The zero-order valence-electron chi connectivity index (χ0n) is 13.4. The minimum absolute atomic E-state index is 0.236. The Hall–Kier alpha value is -1.95. The summed E-state index contributed by atoms with van der Waals surface area (Å²) in [6, 6.07) is 4.14. The van der Waals surface area contributed by atoms with Crippen LogP contribution in [0.4, 0.5) is 4.39 Å². The van der Waals surface area contributed by atoms with Crippen molar-refractivity contribution in [2.24, 2.45) is 5.73 Å². The van der Waals surface area contributed by atoms with Gasteiger partial charge in [-0.15, -0.1) is 0 Å². The number of primary amides is 1. The lowest BCUT2D eigenvalue weighted by Gasteiger charge is -2.28. The van der Waals surface area contributed by atoms with E-state index >= 15 is 0 Å². The van der Waals surface area contributed by atoms with Gasteiger partial charge in [-0.25, -0.2) is 4.39 Å². The Balaban J connectivity index is 2.05. The van der Waals surface area contributed by atoms with Crippen molar-refractivity contribution < 1.29 is 14.0 Å². The average molecular weight is 321 g/mol. The van der Waals surface area contributed by atoms with E-state index in [2.05, 4.69) is 10.2 Å². The Labute approximate surface area is 136 Å². The number of carbonyl (C=O) groups excluding carboxylic acids is 2. The largest absolute Gasteiger partial charge is 0.368 e. The van der Waals surface area contributed by atoms with E-state index in [1.807, 2.05) is 6.92 Å². The van der Waals surface area contributed by atoms with E-state index in [9.17, 15) is 14.0 Å². The fourth-order valence-corrected chi connectivity index (χ4v) is 2.89. The van der Waals surface area contributed by atoms with Crippen LogP contribution in [0.3, 0.4) is 0 Å². The predicted molar refractivity (Wildman–Crippen MR) is 86.0 cm³/mol. The number of hydrogen-bond donors (Lipinski definition) is 2. The summed E-state index contributed by atoms with van der Waals surface area (Å²) in [5.74, 6) is -1.30. The van der Waals surface area contributed by atoms with Crippen molar-refractivity contribution in [3.05, 3.63) is 35.6 Å². The highest BCUT2D eigenvalue weighted by atomic mass is 19.1. The van der Waals surface area contributed by atoms with Crippen molar-refractivity contribution in [1.29, 1.82) is 0 Å². The molecular weight excluding hydrogens is 297 g/mol. The van der Waals surface area contributed by atoms with E-state index in [0.29, 0.717) is 5.56 Å². The number of benzene rings is 1. The van der Waals surface area contributed by atoms with Gasteiger partial charge < -0.3 is 11.1 Å². The normalized spacial score (nSPS) is 18.7. The molecule has 2 unspecified atom stereocenters. The van der Waals surface area contributed by atoms with E-state index in [1.165, 1.54) is 37.1 Å². The third-order valence-electron chi connectivity index (χ3n) is 4.34. The van der Waals surface area contributed by atoms with Gasteiger partial charge in [-0.3, -0.25) is 14.5 Å². The van der Waals surface area contributed by atoms with Gasteiger partial charge >= 0.3 is 0 Å². The number of likely N-dealkylation sites (tertiary alicyclic amines) is 1. The molecule has 3 N–H and O–H groups in total. The summed E-state index contributed by atoms with van der Waals surface area (Å²) in [5, 5.41) is 2.69. The molecule has 1 fully saturated rings. The molecule has 0 spiro atoms. The predicted octanol–water partition coefficient (Wildman–Crippen LogP) is 1.73. The van der Waals surface area contributed by atoms with Crippen LogP contribution in [0.25, 0.3) is 0 Å². The Morgan fingerprint density at radius 1 is 1.13 bits per heavy atom. The second-order valence-electron chi connectivity index (χ2n) is 6.02. The highest BCUT2D eigenvalue weighted by Gasteiger charge is 2.26. The van der Waals surface area contributed by atoms with E-state index in [1.54, 1.807) is 0 Å². The number of hydrogen-bond acceptors (Lipinski definition) is 3. The smallest absolute Gasteiger partial charge is 0.244 e. The van der Waals surface area contributed by atoms with Gasteiger partial charge in [-0.2, -0.15) is 0 Å². The Morgan fingerprint density at radius 2 is 1.70 bits per heavy atom. The van der Waals surface area contributed by atoms with E-state index in [-0.39, 0.29) is 11.9 Å². The van der Waals surface area contributed by atoms with Crippen molar-refractivity contribution in [1.82, 2.24) is 10.2 Å². The van der Waals surface area contributed by atoms with Gasteiger partial charge in [-0.1, -0.05) is 25.0 Å². The summed E-state index contributed by atoms with van der Waals surface area (Å²) in [7, 11) is 0. The lowest BCUT2D eigenvalue weighted by atomic mass is 10.1. The van der Waals surface area contributed by atoms with E-state index < -0.39 is 17.8 Å². The second-order valence-corrected chi connectivity index (χ2v) is 6.02. The van der Waals surface area contributed by atoms with E-state index in [0.717, 1.165) is 25.9 Å². The van der Waals surface area contributed by atoms with Crippen LogP contribution in [0.1, 0.15) is 44.2 Å². The molecule has 2 amide bonds. The molecule has 1 aliphatic heterocycles. The molecule has 1 heterocycles. The molecule has 1 aliphatic rings. The van der Waals surface area contributed by atoms with Gasteiger partial charge in [0.25, 0.3) is 0 Å². The number of amides is 2. The maximum atomic E-state index is 13.0. The monoisotopic (exact) mass is 321 g/mol. The van der Waals surface area contributed by atoms with Gasteiger partial charge in [0.1, 0.15) is 11.9 Å². The molecule has 1 aromatic carbocycles. The van der Waals surface area contributed by atoms with Crippen molar-refractivity contribution in [2.45, 2.75) is 44.7 Å². The van der Waals surface area contributed by atoms with Crippen LogP contribution in [0, 0.1) is 5.82 Å². The van der Waals surface area contributed by atoms with Crippen LogP contribution in [0.5, 0.6) is 0 Å². The Kier molecular flexibility index (Phi) is 6.10. The number of halogens is 1. The van der Waals surface area contributed by atoms with Crippen LogP contribution >= 0.6 is 0 Å². The van der Waals surface area contributed by atoms with Crippen molar-refractivity contribution in [2.75, 3.05) is 13.1 Å². The van der Waals surface area contributed by atoms with Crippen molar-refractivity contribution in [3.8, 4) is 0 Å². The molecule has 0 aromatic heterocycles. The summed E-state index contributed by atoms with van der Waals surface area (Å²) in [6.45, 7) is 3.60. The number of rotatable bonds is 5. The molecule has 2 rings (SSSR count). The molecule has 0 radical (unpaired) electrons. The van der Waals surface area contributed by atoms with Gasteiger partial charge in [0.2, 0.25) is 11.8 Å². The first-order valence-electron chi connectivity index (χ1n) is 8.08. The summed E-state index contributed by atoms with van der Waals surface area (Å²) in [6.07, 6.45) is 4.53. The highest BCUT2D eigenvalue weighted by Crippen LogP contribution is 2.16. The van der Waals surface area contributed by atoms with Crippen LogP contribution in [0.2, 0.25) is 0 Å². The lowest BCUT2D eigenvalue weighted by Crippen LogP contribution is -2.48. The fourth-order valence-electron chi connectivity index (χ4n) is 2.89. The first-order chi connectivity index (χ1) is 11.0. The van der Waals surface area contributed by atoms with Gasteiger partial charge in [0.05, 0.1) is 6.04 Å². The van der Waals surface area contributed by atoms with Crippen LogP contribution in [0.15, 0.2) is 24.3 Å². The van der Waals surface area contributed by atoms with Crippen LogP contribution in [-0.4, -0.2) is 35.8 Å². The van der Waals surface area contributed by atoms with Crippen molar-refractivity contribution in [3.63, 3.8) is 0 Å².